The lowest BCUT2D eigenvalue weighted by atomic mass is 9.98. The molecule has 1 N–H and O–H groups in total. The van der Waals surface area contributed by atoms with E-state index < -0.39 is 0 Å². The van der Waals surface area contributed by atoms with Crippen LogP contribution in [-0.4, -0.2) is 18.0 Å². The lowest BCUT2D eigenvalue weighted by Gasteiger charge is -2.09. The van der Waals surface area contributed by atoms with Gasteiger partial charge in [-0.3, -0.25) is 0 Å². The predicted molar refractivity (Wildman–Crippen MR) is 102 cm³/mol. The molecular weight excluding hydrogens is 296 g/mol. The summed E-state index contributed by atoms with van der Waals surface area (Å²) in [5.74, 6) is 0. The van der Waals surface area contributed by atoms with E-state index in [-0.39, 0.29) is 6.61 Å². The van der Waals surface area contributed by atoms with Crippen molar-refractivity contribution in [3.05, 3.63) is 68.8 Å². The van der Waals surface area contributed by atoms with Crippen LogP contribution in [0.1, 0.15) is 44.5 Å². The second-order valence-electron chi connectivity index (χ2n) is 6.60. The Morgan fingerprint density at radius 3 is 1.46 bits per heavy atom. The molecule has 0 aromatic heterocycles. The minimum atomic E-state index is 0.241. The van der Waals surface area contributed by atoms with Gasteiger partial charge in [-0.05, 0) is 81.3 Å². The third kappa shape index (κ3) is 5.61. The van der Waals surface area contributed by atoms with Crippen molar-refractivity contribution in [2.45, 2.75) is 54.4 Å². The number of aldehydes is 1. The molecule has 0 spiro atoms. The van der Waals surface area contributed by atoms with E-state index in [2.05, 4.69) is 65.8 Å². The Morgan fingerprint density at radius 2 is 1.12 bits per heavy atom. The standard InChI is InChI=1S/C11H16O.C11H14O/c2*1-8-6-9(2)11(4-5-12)10(3)7-8/h6-7,12H,4-5H2,1-3H3;5-7H,4H2,1-3H3. The van der Waals surface area contributed by atoms with Gasteiger partial charge >= 0.3 is 0 Å². The molecule has 0 aliphatic carbocycles. The lowest BCUT2D eigenvalue weighted by molar-refractivity contribution is -0.107. The Balaban J connectivity index is 0.000000240. The van der Waals surface area contributed by atoms with E-state index in [0.29, 0.717) is 6.42 Å². The molecule has 0 amide bonds. The highest BCUT2D eigenvalue weighted by Gasteiger charge is 2.02. The molecule has 0 saturated heterocycles. The molecule has 0 fully saturated rings. The third-order valence-corrected chi connectivity index (χ3v) is 4.33. The van der Waals surface area contributed by atoms with Gasteiger partial charge in [-0.2, -0.15) is 0 Å². The molecule has 2 heteroatoms. The summed E-state index contributed by atoms with van der Waals surface area (Å²) in [6.07, 6.45) is 2.28. The van der Waals surface area contributed by atoms with E-state index in [4.69, 9.17) is 5.11 Å². The molecule has 130 valence electrons. The van der Waals surface area contributed by atoms with Gasteiger partial charge in [-0.1, -0.05) is 35.4 Å². The first-order valence-electron chi connectivity index (χ1n) is 8.48. The first kappa shape index (κ1) is 20.1. The van der Waals surface area contributed by atoms with Crippen molar-refractivity contribution < 1.29 is 9.90 Å². The van der Waals surface area contributed by atoms with Crippen molar-refractivity contribution in [2.75, 3.05) is 6.61 Å². The molecule has 0 radical (unpaired) electrons. The van der Waals surface area contributed by atoms with Crippen LogP contribution in [0.15, 0.2) is 24.3 Å². The zero-order valence-corrected chi connectivity index (χ0v) is 15.9. The monoisotopic (exact) mass is 326 g/mol. The van der Waals surface area contributed by atoms with Crippen molar-refractivity contribution in [3.8, 4) is 0 Å². The van der Waals surface area contributed by atoms with Crippen molar-refractivity contribution >= 4 is 6.29 Å². The fourth-order valence-electron chi connectivity index (χ4n) is 3.33. The highest BCUT2D eigenvalue weighted by Crippen LogP contribution is 2.17. The minimum absolute atomic E-state index is 0.241. The van der Waals surface area contributed by atoms with Crippen LogP contribution in [-0.2, 0) is 17.6 Å². The van der Waals surface area contributed by atoms with Gasteiger partial charge in [0.15, 0.2) is 0 Å². The number of aliphatic hydroxyl groups is 1. The van der Waals surface area contributed by atoms with E-state index in [0.717, 1.165) is 12.7 Å². The quantitative estimate of drug-likeness (QED) is 0.840. The number of rotatable bonds is 4. The van der Waals surface area contributed by atoms with Crippen molar-refractivity contribution in [2.24, 2.45) is 0 Å². The summed E-state index contributed by atoms with van der Waals surface area (Å²) >= 11 is 0. The smallest absolute Gasteiger partial charge is 0.124 e. The third-order valence-electron chi connectivity index (χ3n) is 4.33. The van der Waals surface area contributed by atoms with Crippen LogP contribution in [0.25, 0.3) is 0 Å². The highest BCUT2D eigenvalue weighted by molar-refractivity contribution is 5.58. The molecule has 2 nitrogen and oxygen atoms in total. The summed E-state index contributed by atoms with van der Waals surface area (Å²) in [5.41, 5.74) is 10.1. The maximum absolute atomic E-state index is 10.4. The Bertz CT molecular complexity index is 653. The topological polar surface area (TPSA) is 37.3 Å². The van der Waals surface area contributed by atoms with Crippen LogP contribution in [0.2, 0.25) is 0 Å². The minimum Gasteiger partial charge on any atom is -0.396 e. The number of aryl methyl sites for hydroxylation is 6. The maximum Gasteiger partial charge on any atom is 0.124 e. The molecular formula is C22H30O2. The number of carbonyl (C=O) groups is 1. The van der Waals surface area contributed by atoms with Crippen molar-refractivity contribution in [3.63, 3.8) is 0 Å². The van der Waals surface area contributed by atoms with Gasteiger partial charge in [0.25, 0.3) is 0 Å². The Hall–Kier alpha value is -1.93. The summed E-state index contributed by atoms with van der Waals surface area (Å²) in [6.45, 7) is 12.7. The molecule has 2 rings (SSSR count). The fourth-order valence-corrected chi connectivity index (χ4v) is 3.33. The van der Waals surface area contributed by atoms with Gasteiger partial charge in [-0.15, -0.1) is 0 Å². The number of benzene rings is 2. The van der Waals surface area contributed by atoms with E-state index in [1.54, 1.807) is 0 Å². The normalized spacial score (nSPS) is 10.1. The van der Waals surface area contributed by atoms with Crippen LogP contribution < -0.4 is 0 Å². The summed E-state index contributed by atoms with van der Waals surface area (Å²) < 4.78 is 0. The second-order valence-corrected chi connectivity index (χ2v) is 6.60. The molecule has 24 heavy (non-hydrogen) atoms. The van der Waals surface area contributed by atoms with Crippen LogP contribution in [0.4, 0.5) is 0 Å². The molecule has 0 saturated carbocycles. The van der Waals surface area contributed by atoms with Gasteiger partial charge < -0.3 is 9.90 Å². The van der Waals surface area contributed by atoms with Crippen LogP contribution in [0.3, 0.4) is 0 Å². The van der Waals surface area contributed by atoms with Crippen LogP contribution >= 0.6 is 0 Å². The van der Waals surface area contributed by atoms with E-state index in [9.17, 15) is 4.79 Å². The molecule has 0 aliphatic heterocycles. The highest BCUT2D eigenvalue weighted by atomic mass is 16.2. The zero-order chi connectivity index (χ0) is 18.3. The van der Waals surface area contributed by atoms with Gasteiger partial charge in [-0.25, -0.2) is 0 Å². The number of hydrogen-bond donors (Lipinski definition) is 1. The SMILES string of the molecule is Cc1cc(C)c(CC=O)c(C)c1.Cc1cc(C)c(CCO)c(C)c1. The summed E-state index contributed by atoms with van der Waals surface area (Å²) in [5, 5.41) is 8.84. The average Bonchev–Trinajstić information content (AvgIpc) is 2.47. The Kier molecular flexibility index (Phi) is 7.87. The fraction of sp³-hybridized carbons (Fsp3) is 0.409. The maximum atomic E-state index is 10.4. The van der Waals surface area contributed by atoms with Gasteiger partial charge in [0, 0.05) is 13.0 Å². The van der Waals surface area contributed by atoms with Gasteiger partial charge in [0.1, 0.15) is 6.29 Å². The van der Waals surface area contributed by atoms with E-state index >= 15 is 0 Å². The summed E-state index contributed by atoms with van der Waals surface area (Å²) in [4.78, 5) is 10.4. The van der Waals surface area contributed by atoms with Crippen molar-refractivity contribution in [1.82, 2.24) is 0 Å². The molecule has 2 aromatic carbocycles. The van der Waals surface area contributed by atoms with Gasteiger partial charge in [0.2, 0.25) is 0 Å². The van der Waals surface area contributed by atoms with Crippen LogP contribution in [0, 0.1) is 41.5 Å². The van der Waals surface area contributed by atoms with E-state index in [1.807, 2.05) is 0 Å². The molecule has 0 bridgehead atoms. The Morgan fingerprint density at radius 1 is 0.750 bits per heavy atom. The molecule has 0 atom stereocenters. The summed E-state index contributed by atoms with van der Waals surface area (Å²) in [7, 11) is 0. The second kappa shape index (κ2) is 9.39. The number of aliphatic hydroxyl groups excluding tert-OH is 1. The number of carbonyl (C=O) groups excluding carboxylic acids is 1. The van der Waals surface area contributed by atoms with Crippen molar-refractivity contribution in [1.29, 1.82) is 0 Å². The van der Waals surface area contributed by atoms with Gasteiger partial charge in [0.05, 0.1) is 0 Å². The molecule has 2 aromatic rings. The van der Waals surface area contributed by atoms with Crippen LogP contribution in [0.5, 0.6) is 0 Å². The lowest BCUT2D eigenvalue weighted by Crippen LogP contribution is -1.98. The summed E-state index contributed by atoms with van der Waals surface area (Å²) in [6, 6.07) is 8.56. The van der Waals surface area contributed by atoms with E-state index in [1.165, 1.54) is 44.5 Å². The largest absolute Gasteiger partial charge is 0.396 e. The molecule has 0 unspecified atom stereocenters. The molecule has 0 heterocycles. The first-order valence-corrected chi connectivity index (χ1v) is 8.48. The first-order chi connectivity index (χ1) is 11.3. The molecule has 0 aliphatic rings. The Labute approximate surface area is 146 Å². The predicted octanol–water partition coefficient (Wildman–Crippen LogP) is 4.50. The number of hydrogen-bond acceptors (Lipinski definition) is 2. The average molecular weight is 326 g/mol. The zero-order valence-electron chi connectivity index (χ0n) is 15.9.